The van der Waals surface area contributed by atoms with Crippen molar-refractivity contribution in [2.75, 3.05) is 5.32 Å². The quantitative estimate of drug-likeness (QED) is 0.403. The first kappa shape index (κ1) is 20.6. The molecule has 0 bridgehead atoms. The Morgan fingerprint density at radius 3 is 2.55 bits per heavy atom. The van der Waals surface area contributed by atoms with Crippen LogP contribution in [-0.4, -0.2) is 11.0 Å². The van der Waals surface area contributed by atoms with Crippen LogP contribution in [0.3, 0.4) is 0 Å². The first-order chi connectivity index (χ1) is 13.9. The lowest BCUT2D eigenvalue weighted by Gasteiger charge is -2.09. The van der Waals surface area contributed by atoms with Crippen molar-refractivity contribution in [3.8, 4) is 17.4 Å². The third-order valence-corrected chi connectivity index (χ3v) is 4.35. The lowest BCUT2D eigenvalue weighted by atomic mass is 10.2. The van der Waals surface area contributed by atoms with Gasteiger partial charge >= 0.3 is 0 Å². The van der Waals surface area contributed by atoms with Crippen LogP contribution < -0.4 is 10.6 Å². The Labute approximate surface area is 182 Å². The fourth-order valence-electron chi connectivity index (χ4n) is 2.45. The second kappa shape index (κ2) is 9.39. The second-order valence-electron chi connectivity index (χ2n) is 5.79. The molecule has 0 saturated carbocycles. The summed E-state index contributed by atoms with van der Waals surface area (Å²) in [5.74, 6) is 0.598. The first-order valence-electron chi connectivity index (χ1n) is 8.30. The van der Waals surface area contributed by atoms with E-state index in [-0.39, 0.29) is 5.11 Å². The smallest absolute Gasteiger partial charge is 0.250 e. The minimum atomic E-state index is -0.444. The molecule has 0 radical (unpaired) electrons. The van der Waals surface area contributed by atoms with Crippen LogP contribution in [0, 0.1) is 11.3 Å². The predicted octanol–water partition coefficient (Wildman–Crippen LogP) is 5.65. The van der Waals surface area contributed by atoms with E-state index in [2.05, 4.69) is 10.6 Å². The number of halogens is 2. The normalized spacial score (nSPS) is 10.5. The summed E-state index contributed by atoms with van der Waals surface area (Å²) in [5.41, 5.74) is 1.66. The molecule has 5 nitrogen and oxygen atoms in total. The summed E-state index contributed by atoms with van der Waals surface area (Å²) in [6, 6.07) is 17.5. The number of furan rings is 1. The maximum atomic E-state index is 12.1. The van der Waals surface area contributed by atoms with Crippen LogP contribution in [0.25, 0.3) is 17.4 Å². The van der Waals surface area contributed by atoms with Gasteiger partial charge in [-0.1, -0.05) is 35.3 Å². The van der Waals surface area contributed by atoms with Gasteiger partial charge in [0.2, 0.25) is 5.91 Å². The van der Waals surface area contributed by atoms with Gasteiger partial charge in [-0.25, -0.2) is 0 Å². The number of carbonyl (C=O) groups excluding carboxylic acids is 1. The fourth-order valence-corrected chi connectivity index (χ4v) is 3.18. The zero-order valence-corrected chi connectivity index (χ0v) is 17.1. The fraction of sp³-hybridized carbons (Fsp3) is 0. The second-order valence-corrected chi connectivity index (χ2v) is 7.08. The number of benzene rings is 2. The standard InChI is InChI=1S/C21H13Cl2N3O2S/c22-15-9-14(10-16(23)11-15)19-7-5-17(28-19)6-8-20(27)26-21(29)25-18-4-2-1-3-13(18)12-24/h1-11H,(H2,25,26,27,29)/b8-6+. The number of hydrogen-bond donors (Lipinski definition) is 2. The van der Waals surface area contributed by atoms with Gasteiger partial charge in [-0.2, -0.15) is 5.26 Å². The van der Waals surface area contributed by atoms with E-state index < -0.39 is 5.91 Å². The Morgan fingerprint density at radius 1 is 1.10 bits per heavy atom. The summed E-state index contributed by atoms with van der Waals surface area (Å²) in [6.07, 6.45) is 2.80. The molecule has 2 aromatic carbocycles. The van der Waals surface area contributed by atoms with E-state index in [1.54, 1.807) is 54.6 Å². The van der Waals surface area contributed by atoms with Gasteiger partial charge in [0.1, 0.15) is 17.6 Å². The minimum Gasteiger partial charge on any atom is -0.457 e. The molecular formula is C21H13Cl2N3O2S. The molecule has 0 unspecified atom stereocenters. The third-order valence-electron chi connectivity index (χ3n) is 3.71. The molecule has 0 spiro atoms. The van der Waals surface area contributed by atoms with Crippen molar-refractivity contribution in [2.24, 2.45) is 0 Å². The Morgan fingerprint density at radius 2 is 1.83 bits per heavy atom. The SMILES string of the molecule is N#Cc1ccccc1NC(=S)NC(=O)/C=C/c1ccc(-c2cc(Cl)cc(Cl)c2)o1. The molecule has 0 aliphatic carbocycles. The molecule has 0 atom stereocenters. The van der Waals surface area contributed by atoms with Crippen LogP contribution in [-0.2, 0) is 4.79 Å². The lowest BCUT2D eigenvalue weighted by Crippen LogP contribution is -2.33. The number of carbonyl (C=O) groups is 1. The number of nitriles is 1. The molecule has 3 rings (SSSR count). The van der Waals surface area contributed by atoms with Gasteiger partial charge < -0.3 is 9.73 Å². The Balaban J connectivity index is 1.62. The zero-order chi connectivity index (χ0) is 20.8. The Hall–Kier alpha value is -3.11. The van der Waals surface area contributed by atoms with E-state index in [0.717, 1.165) is 5.56 Å². The van der Waals surface area contributed by atoms with Crippen molar-refractivity contribution in [1.29, 1.82) is 5.26 Å². The van der Waals surface area contributed by atoms with E-state index in [0.29, 0.717) is 32.8 Å². The van der Waals surface area contributed by atoms with Crippen molar-refractivity contribution in [1.82, 2.24) is 5.32 Å². The molecule has 3 aromatic rings. The molecule has 8 heteroatoms. The maximum absolute atomic E-state index is 12.1. The van der Waals surface area contributed by atoms with Crippen molar-refractivity contribution in [2.45, 2.75) is 0 Å². The number of thiocarbonyl (C=S) groups is 1. The van der Waals surface area contributed by atoms with Crippen LogP contribution in [0.4, 0.5) is 5.69 Å². The molecule has 0 aliphatic heterocycles. The number of nitrogens with one attached hydrogen (secondary N) is 2. The van der Waals surface area contributed by atoms with Crippen molar-refractivity contribution in [3.05, 3.63) is 82.0 Å². The molecule has 1 aromatic heterocycles. The van der Waals surface area contributed by atoms with Crippen LogP contribution in [0.15, 0.2) is 65.1 Å². The lowest BCUT2D eigenvalue weighted by molar-refractivity contribution is -0.115. The summed E-state index contributed by atoms with van der Waals surface area (Å²) in [5, 5.41) is 15.5. The molecule has 0 fully saturated rings. The number of para-hydroxylation sites is 1. The van der Waals surface area contributed by atoms with Gasteiger partial charge in [0.25, 0.3) is 0 Å². The van der Waals surface area contributed by atoms with Gasteiger partial charge in [-0.3, -0.25) is 10.1 Å². The Kier molecular flexibility index (Phi) is 6.68. The number of nitrogens with zero attached hydrogens (tertiary/aromatic N) is 1. The minimum absolute atomic E-state index is 0.0797. The highest BCUT2D eigenvalue weighted by Gasteiger charge is 2.07. The molecule has 0 aliphatic rings. The van der Waals surface area contributed by atoms with Crippen molar-refractivity contribution < 1.29 is 9.21 Å². The maximum Gasteiger partial charge on any atom is 0.250 e. The monoisotopic (exact) mass is 441 g/mol. The van der Waals surface area contributed by atoms with E-state index in [1.165, 1.54) is 12.2 Å². The molecular weight excluding hydrogens is 429 g/mol. The summed E-state index contributed by atoms with van der Waals surface area (Å²) in [4.78, 5) is 12.1. The number of anilines is 1. The largest absolute Gasteiger partial charge is 0.457 e. The van der Waals surface area contributed by atoms with Gasteiger partial charge in [-0.15, -0.1) is 0 Å². The average molecular weight is 442 g/mol. The average Bonchev–Trinajstić information content (AvgIpc) is 3.15. The predicted molar refractivity (Wildman–Crippen MR) is 119 cm³/mol. The first-order valence-corrected chi connectivity index (χ1v) is 9.46. The van der Waals surface area contributed by atoms with Gasteiger partial charge in [0, 0.05) is 21.7 Å². The molecule has 1 heterocycles. The van der Waals surface area contributed by atoms with E-state index in [9.17, 15) is 4.79 Å². The molecule has 29 heavy (non-hydrogen) atoms. The zero-order valence-electron chi connectivity index (χ0n) is 14.8. The van der Waals surface area contributed by atoms with Crippen molar-refractivity contribution >= 4 is 58.2 Å². The number of hydrogen-bond acceptors (Lipinski definition) is 4. The third kappa shape index (κ3) is 5.69. The van der Waals surface area contributed by atoms with Gasteiger partial charge in [0.15, 0.2) is 5.11 Å². The number of rotatable bonds is 4. The molecule has 144 valence electrons. The molecule has 0 saturated heterocycles. The van der Waals surface area contributed by atoms with Crippen LogP contribution in [0.1, 0.15) is 11.3 Å². The van der Waals surface area contributed by atoms with E-state index in [4.69, 9.17) is 45.1 Å². The summed E-state index contributed by atoms with van der Waals surface area (Å²) >= 11 is 17.1. The Bertz CT molecular complexity index is 1130. The molecule has 2 N–H and O–H groups in total. The highest BCUT2D eigenvalue weighted by Crippen LogP contribution is 2.28. The van der Waals surface area contributed by atoms with E-state index in [1.807, 2.05) is 6.07 Å². The summed E-state index contributed by atoms with van der Waals surface area (Å²) in [7, 11) is 0. The summed E-state index contributed by atoms with van der Waals surface area (Å²) in [6.45, 7) is 0. The van der Waals surface area contributed by atoms with E-state index >= 15 is 0 Å². The van der Waals surface area contributed by atoms with Crippen LogP contribution in [0.2, 0.25) is 10.0 Å². The highest BCUT2D eigenvalue weighted by atomic mass is 35.5. The van der Waals surface area contributed by atoms with Crippen LogP contribution in [0.5, 0.6) is 0 Å². The highest BCUT2D eigenvalue weighted by molar-refractivity contribution is 7.80. The topological polar surface area (TPSA) is 78.1 Å². The summed E-state index contributed by atoms with van der Waals surface area (Å²) < 4.78 is 5.69. The van der Waals surface area contributed by atoms with Crippen LogP contribution >= 0.6 is 35.4 Å². The van der Waals surface area contributed by atoms with Crippen molar-refractivity contribution in [3.63, 3.8) is 0 Å². The van der Waals surface area contributed by atoms with Gasteiger partial charge in [-0.05, 0) is 60.8 Å². The number of amides is 1. The molecule has 1 amide bonds. The van der Waals surface area contributed by atoms with Gasteiger partial charge in [0.05, 0.1) is 11.3 Å².